The average molecular weight is 521 g/mol. The number of benzene rings is 2. The average Bonchev–Trinajstić information content (AvgIpc) is 3.51. The van der Waals surface area contributed by atoms with Crippen LogP contribution in [0.4, 0.5) is 0 Å². The fourth-order valence-electron chi connectivity index (χ4n) is 6.71. The zero-order valence-corrected chi connectivity index (χ0v) is 20.0. The Morgan fingerprint density at radius 1 is 1.09 bits per heavy atom. The molecule has 0 fully saturated rings. The summed E-state index contributed by atoms with van der Waals surface area (Å²) in [6, 6.07) is 18.3. The molecule has 1 spiro atoms. The van der Waals surface area contributed by atoms with E-state index in [4.69, 9.17) is 14.8 Å². The predicted octanol–water partition coefficient (Wildman–Crippen LogP) is 1.26. The van der Waals surface area contributed by atoms with Gasteiger partial charge in [0.2, 0.25) is 0 Å². The first-order valence-corrected chi connectivity index (χ1v) is 13.9. The molecule has 0 saturated heterocycles. The van der Waals surface area contributed by atoms with Crippen molar-refractivity contribution in [2.75, 3.05) is 0 Å². The van der Waals surface area contributed by atoms with E-state index in [1.807, 2.05) is 55.7 Å². The van der Waals surface area contributed by atoms with Crippen LogP contribution < -0.4 is 22.8 Å². The summed E-state index contributed by atoms with van der Waals surface area (Å²) in [5.74, 6) is 0.625. The van der Waals surface area contributed by atoms with Gasteiger partial charge in [-0.15, -0.1) is 0 Å². The molecule has 2 atom stereocenters. The molecule has 4 aromatic heterocycles. The molecule has 0 bridgehead atoms. The van der Waals surface area contributed by atoms with Crippen molar-refractivity contribution in [1.29, 1.82) is 0 Å². The molecule has 2 aromatic carbocycles. The van der Waals surface area contributed by atoms with Gasteiger partial charge in [0.25, 0.3) is 0 Å². The Labute approximate surface area is 201 Å². The molecular weight excluding hydrogens is 507 g/mol. The number of pyridine rings is 1. The normalized spacial score (nSPS) is 20.9. The second-order valence-electron chi connectivity index (χ2n) is 9.42. The van der Waals surface area contributed by atoms with E-state index in [9.17, 15) is 3.83 Å². The van der Waals surface area contributed by atoms with E-state index in [-0.39, 0.29) is 0 Å². The van der Waals surface area contributed by atoms with Crippen molar-refractivity contribution < 1.29 is 17.7 Å². The van der Waals surface area contributed by atoms with Gasteiger partial charge in [-0.1, -0.05) is 0 Å². The van der Waals surface area contributed by atoms with E-state index in [0.717, 1.165) is 71.0 Å². The van der Waals surface area contributed by atoms with Crippen molar-refractivity contribution in [3.63, 3.8) is 0 Å². The molecule has 0 amide bonds. The van der Waals surface area contributed by atoms with Crippen LogP contribution in [0.3, 0.4) is 0 Å². The summed E-state index contributed by atoms with van der Waals surface area (Å²) in [5.41, 5.74) is 7.75. The maximum atomic E-state index is 14.1. The van der Waals surface area contributed by atoms with E-state index < -0.39 is 19.6 Å². The van der Waals surface area contributed by atoms with Crippen LogP contribution in [0.15, 0.2) is 67.0 Å². The SMILES string of the molecule is Cc1cc2n(n1)C13c4c(ccc5c4-n4c6c(cccc6c6ncc[n+]1c64)[Se]5=O)Oc1cccc-2[n+]13. The number of hydrogen-bond acceptors (Lipinski definition) is 4. The first kappa shape index (κ1) is 17.3. The van der Waals surface area contributed by atoms with Gasteiger partial charge in [0.1, 0.15) is 0 Å². The van der Waals surface area contributed by atoms with Gasteiger partial charge in [0.05, 0.1) is 0 Å². The molecule has 8 heterocycles. The molecule has 4 aliphatic heterocycles. The monoisotopic (exact) mass is 522 g/mol. The third kappa shape index (κ3) is 1.53. The Hall–Kier alpha value is -4.20. The van der Waals surface area contributed by atoms with Gasteiger partial charge in [0, 0.05) is 0 Å². The van der Waals surface area contributed by atoms with Crippen molar-refractivity contribution in [1.82, 2.24) is 19.3 Å². The molecule has 10 rings (SSSR count). The summed E-state index contributed by atoms with van der Waals surface area (Å²) in [4.78, 5) is 4.84. The second-order valence-corrected chi connectivity index (χ2v) is 12.4. The maximum absolute atomic E-state index is 14.1. The third-order valence-electron chi connectivity index (χ3n) is 7.82. The molecule has 4 aliphatic rings. The summed E-state index contributed by atoms with van der Waals surface area (Å²) in [5, 5.41) is 6.07. The minimum absolute atomic E-state index is 0.742. The molecule has 164 valence electrons. The van der Waals surface area contributed by atoms with Crippen LogP contribution >= 0.6 is 0 Å². The standard InChI is InChI=1S/C26H14N6O2Se/c1-13-12-16-15-5-3-7-20-31(15)26(32(16)28-13)21-17(34-20)8-9-19-24(21)30-23-14(4-2-6-18(23)35(19)33)22-25(30)29(26)11-10-27-22/h2-12H,1H3/q+2. The van der Waals surface area contributed by atoms with E-state index >= 15 is 0 Å². The number of aryl methyl sites for hydroxylation is 1. The Morgan fingerprint density at radius 3 is 2.94 bits per heavy atom. The first-order chi connectivity index (χ1) is 17.2. The van der Waals surface area contributed by atoms with Crippen LogP contribution in [0.1, 0.15) is 11.3 Å². The molecule has 2 unspecified atom stereocenters. The summed E-state index contributed by atoms with van der Waals surface area (Å²) >= 11 is -2.53. The summed E-state index contributed by atoms with van der Waals surface area (Å²) < 4.78 is 31.3. The number of nitrogens with zero attached hydrogens (tertiary/aromatic N) is 6. The van der Waals surface area contributed by atoms with Gasteiger partial charge in [-0.25, -0.2) is 0 Å². The number of ether oxygens (including phenoxy) is 1. The Kier molecular flexibility index (Phi) is 2.50. The second kappa shape index (κ2) is 5.07. The fraction of sp³-hybridized carbons (Fsp3) is 0.0769. The molecule has 35 heavy (non-hydrogen) atoms. The van der Waals surface area contributed by atoms with E-state index in [1.54, 1.807) is 0 Å². The van der Waals surface area contributed by atoms with Gasteiger partial charge in [-0.3, -0.25) is 0 Å². The van der Waals surface area contributed by atoms with Crippen LogP contribution in [0.25, 0.3) is 39.1 Å². The van der Waals surface area contributed by atoms with Crippen molar-refractivity contribution >= 4 is 44.8 Å². The number of aromatic nitrogens is 6. The number of rotatable bonds is 0. The molecular formula is C26H14N6O2Se+2. The van der Waals surface area contributed by atoms with Gasteiger partial charge in [-0.05, 0) is 0 Å². The zero-order chi connectivity index (χ0) is 22.8. The molecule has 0 aliphatic carbocycles. The first-order valence-electron chi connectivity index (χ1n) is 11.4. The third-order valence-corrected chi connectivity index (χ3v) is 10.9. The summed E-state index contributed by atoms with van der Waals surface area (Å²) in [7, 11) is 0. The van der Waals surface area contributed by atoms with Crippen molar-refractivity contribution in [3.8, 4) is 28.7 Å². The molecule has 6 aromatic rings. The van der Waals surface area contributed by atoms with Gasteiger partial charge >= 0.3 is 202 Å². The van der Waals surface area contributed by atoms with Crippen LogP contribution in [0, 0.1) is 6.92 Å². The van der Waals surface area contributed by atoms with E-state index in [2.05, 4.69) is 36.6 Å². The van der Waals surface area contributed by atoms with Crippen LogP contribution in [-0.4, -0.2) is 33.2 Å². The number of para-hydroxylation sites is 1. The summed E-state index contributed by atoms with van der Waals surface area (Å²) in [6.45, 7) is 2.02. The summed E-state index contributed by atoms with van der Waals surface area (Å²) in [6.07, 6.45) is 3.89. The Bertz CT molecular complexity index is 2090. The molecule has 0 radical (unpaired) electrons. The Balaban J connectivity index is 1.60. The van der Waals surface area contributed by atoms with E-state index in [1.165, 1.54) is 0 Å². The Morgan fingerprint density at radius 2 is 2.00 bits per heavy atom. The van der Waals surface area contributed by atoms with Gasteiger partial charge < -0.3 is 0 Å². The van der Waals surface area contributed by atoms with Crippen molar-refractivity contribution in [2.24, 2.45) is 0 Å². The molecule has 9 heteroatoms. The van der Waals surface area contributed by atoms with Gasteiger partial charge in [0.15, 0.2) is 0 Å². The quantitative estimate of drug-likeness (QED) is 0.223. The van der Waals surface area contributed by atoms with E-state index in [0.29, 0.717) is 0 Å². The van der Waals surface area contributed by atoms with Crippen LogP contribution in [-0.2, 0) is 9.62 Å². The minimum atomic E-state index is -2.53. The topological polar surface area (TPSA) is 69.7 Å². The fourth-order valence-corrected chi connectivity index (χ4v) is 9.60. The van der Waals surface area contributed by atoms with Crippen LogP contribution in [0.5, 0.6) is 11.6 Å². The number of hydrogen-bond donors (Lipinski definition) is 0. The zero-order valence-electron chi connectivity index (χ0n) is 18.3. The van der Waals surface area contributed by atoms with Crippen molar-refractivity contribution in [3.05, 3.63) is 78.2 Å². The molecule has 0 saturated carbocycles. The number of fused-ring (bicyclic) bond motifs is 3. The molecule has 0 N–H and O–H groups in total. The predicted molar refractivity (Wildman–Crippen MR) is 125 cm³/mol. The van der Waals surface area contributed by atoms with Crippen LogP contribution in [0.2, 0.25) is 0 Å². The molecule has 8 nitrogen and oxygen atoms in total. The van der Waals surface area contributed by atoms with Gasteiger partial charge in [-0.2, -0.15) is 0 Å². The van der Waals surface area contributed by atoms with Crippen molar-refractivity contribution in [2.45, 2.75) is 12.7 Å².